The Bertz CT molecular complexity index is 737. The maximum Gasteiger partial charge on any atom is 0.357 e. The third-order valence-corrected chi connectivity index (χ3v) is 5.12. The van der Waals surface area contributed by atoms with Crippen LogP contribution in [0.15, 0.2) is 30.3 Å². The first-order chi connectivity index (χ1) is 12.1. The Morgan fingerprint density at radius 2 is 1.88 bits per heavy atom. The van der Waals surface area contributed by atoms with E-state index in [9.17, 15) is 4.79 Å². The van der Waals surface area contributed by atoms with E-state index in [2.05, 4.69) is 40.3 Å². The third-order valence-electron chi connectivity index (χ3n) is 5.12. The summed E-state index contributed by atoms with van der Waals surface area (Å²) < 4.78 is 5.11. The van der Waals surface area contributed by atoms with Gasteiger partial charge in [0.05, 0.1) is 6.61 Å². The summed E-state index contributed by atoms with van der Waals surface area (Å²) in [5.41, 5.74) is 3.72. The van der Waals surface area contributed by atoms with E-state index in [0.717, 1.165) is 30.0 Å². The second kappa shape index (κ2) is 7.77. The van der Waals surface area contributed by atoms with Gasteiger partial charge in [0, 0.05) is 11.3 Å². The quantitative estimate of drug-likeness (QED) is 0.733. The van der Waals surface area contributed by atoms with Gasteiger partial charge < -0.3 is 4.74 Å². The average Bonchev–Trinajstić information content (AvgIpc) is 2.57. The van der Waals surface area contributed by atoms with Gasteiger partial charge in [-0.25, -0.2) is 14.8 Å². The largest absolute Gasteiger partial charge is 0.461 e. The molecule has 1 heterocycles. The third kappa shape index (κ3) is 4.06. The van der Waals surface area contributed by atoms with Crippen LogP contribution in [-0.2, 0) is 11.2 Å². The fourth-order valence-corrected chi connectivity index (χ4v) is 3.64. The number of hydrogen-bond donors (Lipinski definition) is 0. The Hall–Kier alpha value is -2.23. The van der Waals surface area contributed by atoms with Crippen LogP contribution in [0.25, 0.3) is 0 Å². The summed E-state index contributed by atoms with van der Waals surface area (Å²) in [5.74, 6) is 1.74. The predicted molar refractivity (Wildman–Crippen MR) is 97.7 cm³/mol. The molecule has 0 unspecified atom stereocenters. The minimum atomic E-state index is -0.348. The Kier molecular flexibility index (Phi) is 5.47. The number of carbonyl (C=O) groups is 1. The molecule has 0 atom stereocenters. The van der Waals surface area contributed by atoms with Crippen molar-refractivity contribution in [3.8, 4) is 0 Å². The van der Waals surface area contributed by atoms with Gasteiger partial charge in [0.1, 0.15) is 5.82 Å². The van der Waals surface area contributed by atoms with Crippen molar-refractivity contribution in [1.29, 1.82) is 0 Å². The SMILES string of the molecule is CCOC(=O)c1nc(C)nc(CCC2CC(c3ccccc3)C2)c1C. The maximum atomic E-state index is 12.1. The number of aryl methyl sites for hydroxylation is 2. The molecule has 1 aliphatic rings. The molecular formula is C21H26N2O2. The zero-order valence-electron chi connectivity index (χ0n) is 15.3. The monoisotopic (exact) mass is 338 g/mol. The first kappa shape index (κ1) is 17.6. The van der Waals surface area contributed by atoms with Gasteiger partial charge in [-0.1, -0.05) is 30.3 Å². The lowest BCUT2D eigenvalue weighted by molar-refractivity contribution is 0.0517. The summed E-state index contributed by atoms with van der Waals surface area (Å²) >= 11 is 0. The molecule has 3 rings (SSSR count). The van der Waals surface area contributed by atoms with E-state index in [-0.39, 0.29) is 5.97 Å². The van der Waals surface area contributed by atoms with Gasteiger partial charge >= 0.3 is 5.97 Å². The topological polar surface area (TPSA) is 52.1 Å². The summed E-state index contributed by atoms with van der Waals surface area (Å²) in [6.07, 6.45) is 4.51. The molecule has 1 saturated carbocycles. The molecule has 0 radical (unpaired) electrons. The van der Waals surface area contributed by atoms with E-state index in [1.807, 2.05) is 20.8 Å². The van der Waals surface area contributed by atoms with Crippen LogP contribution < -0.4 is 0 Å². The highest BCUT2D eigenvalue weighted by molar-refractivity contribution is 5.89. The minimum absolute atomic E-state index is 0.348. The molecule has 1 fully saturated rings. The lowest BCUT2D eigenvalue weighted by atomic mass is 9.69. The van der Waals surface area contributed by atoms with Gasteiger partial charge in [0.15, 0.2) is 5.69 Å². The van der Waals surface area contributed by atoms with Gasteiger partial charge in [-0.2, -0.15) is 0 Å². The van der Waals surface area contributed by atoms with Crippen LogP contribution in [0.3, 0.4) is 0 Å². The van der Waals surface area contributed by atoms with Crippen molar-refractivity contribution in [3.05, 3.63) is 58.7 Å². The number of aromatic nitrogens is 2. The van der Waals surface area contributed by atoms with Crippen LogP contribution in [0.5, 0.6) is 0 Å². The van der Waals surface area contributed by atoms with E-state index >= 15 is 0 Å². The van der Waals surface area contributed by atoms with Crippen molar-refractivity contribution < 1.29 is 9.53 Å². The van der Waals surface area contributed by atoms with Crippen molar-refractivity contribution in [2.24, 2.45) is 5.92 Å². The van der Waals surface area contributed by atoms with Gasteiger partial charge in [-0.05, 0) is 63.9 Å². The number of carbonyl (C=O) groups excluding carboxylic acids is 1. The Balaban J connectivity index is 1.60. The second-order valence-corrected chi connectivity index (χ2v) is 6.90. The van der Waals surface area contributed by atoms with Crippen LogP contribution in [-0.4, -0.2) is 22.5 Å². The number of nitrogens with zero attached hydrogens (tertiary/aromatic N) is 2. The number of benzene rings is 1. The Labute approximate surface area is 149 Å². The number of hydrogen-bond acceptors (Lipinski definition) is 4. The van der Waals surface area contributed by atoms with Crippen LogP contribution in [0.1, 0.15) is 65.2 Å². The predicted octanol–water partition coefficient (Wildman–Crippen LogP) is 4.40. The van der Waals surface area contributed by atoms with Crippen LogP contribution in [0.2, 0.25) is 0 Å². The van der Waals surface area contributed by atoms with Crippen molar-refractivity contribution in [1.82, 2.24) is 9.97 Å². The zero-order chi connectivity index (χ0) is 17.8. The molecular weight excluding hydrogens is 312 g/mol. The van der Waals surface area contributed by atoms with E-state index in [1.165, 1.54) is 18.4 Å². The average molecular weight is 338 g/mol. The lowest BCUT2D eigenvalue weighted by Crippen LogP contribution is -2.23. The molecule has 1 aromatic heterocycles. The van der Waals surface area contributed by atoms with E-state index in [1.54, 1.807) is 0 Å². The first-order valence-corrected chi connectivity index (χ1v) is 9.14. The van der Waals surface area contributed by atoms with Crippen molar-refractivity contribution in [3.63, 3.8) is 0 Å². The first-order valence-electron chi connectivity index (χ1n) is 9.14. The smallest absolute Gasteiger partial charge is 0.357 e. The summed E-state index contributed by atoms with van der Waals surface area (Å²) in [5, 5.41) is 0. The lowest BCUT2D eigenvalue weighted by Gasteiger charge is -2.36. The molecule has 132 valence electrons. The number of rotatable bonds is 6. The van der Waals surface area contributed by atoms with Gasteiger partial charge in [-0.15, -0.1) is 0 Å². The van der Waals surface area contributed by atoms with E-state index in [4.69, 9.17) is 4.74 Å². The summed E-state index contributed by atoms with van der Waals surface area (Å²) in [4.78, 5) is 20.9. The fourth-order valence-electron chi connectivity index (χ4n) is 3.64. The normalized spacial score (nSPS) is 19.3. The fraction of sp³-hybridized carbons (Fsp3) is 0.476. The number of ether oxygens (including phenoxy) is 1. The minimum Gasteiger partial charge on any atom is -0.461 e. The Morgan fingerprint density at radius 3 is 2.56 bits per heavy atom. The molecule has 0 aliphatic heterocycles. The summed E-state index contributed by atoms with van der Waals surface area (Å²) in [6, 6.07) is 10.8. The molecule has 0 amide bonds. The van der Waals surface area contributed by atoms with Crippen molar-refractivity contribution in [2.45, 2.75) is 52.4 Å². The molecule has 2 aromatic rings. The summed E-state index contributed by atoms with van der Waals surface area (Å²) in [7, 11) is 0. The van der Waals surface area contributed by atoms with Crippen molar-refractivity contribution in [2.75, 3.05) is 6.61 Å². The maximum absolute atomic E-state index is 12.1. The molecule has 25 heavy (non-hydrogen) atoms. The second-order valence-electron chi connectivity index (χ2n) is 6.90. The summed E-state index contributed by atoms with van der Waals surface area (Å²) in [6.45, 7) is 5.93. The Morgan fingerprint density at radius 1 is 1.16 bits per heavy atom. The highest BCUT2D eigenvalue weighted by Crippen LogP contribution is 2.43. The molecule has 4 nitrogen and oxygen atoms in total. The standard InChI is InChI=1S/C21H26N2O2/c1-4-25-21(24)20-14(2)19(22-15(3)23-20)11-10-16-12-18(13-16)17-8-6-5-7-9-17/h5-9,16,18H,4,10-13H2,1-3H3. The molecule has 1 aliphatic carbocycles. The van der Waals surface area contributed by atoms with Gasteiger partial charge in [0.2, 0.25) is 0 Å². The highest BCUT2D eigenvalue weighted by Gasteiger charge is 2.30. The molecule has 0 bridgehead atoms. The molecule has 1 aromatic carbocycles. The van der Waals surface area contributed by atoms with Gasteiger partial charge in [-0.3, -0.25) is 0 Å². The van der Waals surface area contributed by atoms with Gasteiger partial charge in [0.25, 0.3) is 0 Å². The molecule has 0 saturated heterocycles. The molecule has 0 spiro atoms. The van der Waals surface area contributed by atoms with E-state index < -0.39 is 0 Å². The van der Waals surface area contributed by atoms with Crippen molar-refractivity contribution >= 4 is 5.97 Å². The molecule has 0 N–H and O–H groups in total. The highest BCUT2D eigenvalue weighted by atomic mass is 16.5. The zero-order valence-corrected chi connectivity index (χ0v) is 15.3. The van der Waals surface area contributed by atoms with Crippen LogP contribution in [0, 0.1) is 19.8 Å². The number of esters is 1. The molecule has 4 heteroatoms. The van der Waals surface area contributed by atoms with E-state index in [0.29, 0.717) is 24.0 Å². The van der Waals surface area contributed by atoms with Crippen LogP contribution in [0.4, 0.5) is 0 Å². The van der Waals surface area contributed by atoms with Crippen LogP contribution >= 0.6 is 0 Å².